The maximum absolute atomic E-state index is 12.7. The normalized spacial score (nSPS) is 16.4. The topological polar surface area (TPSA) is 84.9 Å². The molecule has 1 amide bonds. The lowest BCUT2D eigenvalue weighted by Gasteiger charge is -2.33. The van der Waals surface area contributed by atoms with Gasteiger partial charge >= 0.3 is 0 Å². The number of benzene rings is 2. The average Bonchev–Trinajstić information content (AvgIpc) is 2.65. The van der Waals surface area contributed by atoms with E-state index < -0.39 is 10.0 Å². The number of amides is 1. The molecule has 0 spiro atoms. The van der Waals surface area contributed by atoms with Crippen molar-refractivity contribution >= 4 is 21.6 Å². The molecule has 0 fully saturated rings. The van der Waals surface area contributed by atoms with E-state index in [0.717, 1.165) is 5.56 Å². The molecule has 0 saturated heterocycles. The van der Waals surface area contributed by atoms with Crippen molar-refractivity contribution in [2.45, 2.75) is 31.4 Å². The number of fused-ring (bicyclic) bond motifs is 1. The first-order valence-electron chi connectivity index (χ1n) is 8.51. The van der Waals surface area contributed by atoms with Crippen molar-refractivity contribution in [1.29, 1.82) is 0 Å². The van der Waals surface area contributed by atoms with Crippen LogP contribution in [0.5, 0.6) is 11.5 Å². The molecule has 0 aromatic heterocycles. The zero-order valence-electron chi connectivity index (χ0n) is 15.4. The summed E-state index contributed by atoms with van der Waals surface area (Å²) < 4.78 is 38.7. The van der Waals surface area contributed by atoms with Gasteiger partial charge in [0.2, 0.25) is 15.9 Å². The Labute approximate surface area is 158 Å². The molecular weight excluding hydrogens is 368 g/mol. The van der Waals surface area contributed by atoms with Gasteiger partial charge in [0.25, 0.3) is 0 Å². The van der Waals surface area contributed by atoms with Gasteiger partial charge in [0.1, 0.15) is 17.6 Å². The number of anilines is 1. The molecule has 1 unspecified atom stereocenters. The Morgan fingerprint density at radius 2 is 1.96 bits per heavy atom. The summed E-state index contributed by atoms with van der Waals surface area (Å²) >= 11 is 0. The van der Waals surface area contributed by atoms with Crippen LogP contribution in [0.4, 0.5) is 5.69 Å². The van der Waals surface area contributed by atoms with Gasteiger partial charge in [-0.1, -0.05) is 12.1 Å². The van der Waals surface area contributed by atoms with Crippen LogP contribution in [-0.4, -0.2) is 34.1 Å². The number of carbonyl (C=O) groups excluding carboxylic acids is 1. The van der Waals surface area contributed by atoms with Crippen LogP contribution in [-0.2, 0) is 21.4 Å². The van der Waals surface area contributed by atoms with Crippen molar-refractivity contribution in [2.24, 2.45) is 0 Å². The lowest BCUT2D eigenvalue weighted by atomic mass is 10.2. The average molecular weight is 390 g/mol. The van der Waals surface area contributed by atoms with Gasteiger partial charge in [-0.3, -0.25) is 4.79 Å². The molecule has 7 nitrogen and oxygen atoms in total. The predicted molar refractivity (Wildman–Crippen MR) is 102 cm³/mol. The fourth-order valence-electron chi connectivity index (χ4n) is 2.89. The second-order valence-corrected chi connectivity index (χ2v) is 8.13. The second kappa shape index (κ2) is 7.58. The van der Waals surface area contributed by atoms with E-state index in [9.17, 15) is 13.2 Å². The Morgan fingerprint density at radius 3 is 2.59 bits per heavy atom. The summed E-state index contributed by atoms with van der Waals surface area (Å²) in [4.78, 5) is 13.5. The van der Waals surface area contributed by atoms with Gasteiger partial charge < -0.3 is 14.4 Å². The maximum Gasteiger partial charge on any atom is 0.240 e. The number of sulfonamides is 1. The molecule has 1 aliphatic rings. The summed E-state index contributed by atoms with van der Waals surface area (Å²) in [6.07, 6.45) is -0.156. The van der Waals surface area contributed by atoms with Gasteiger partial charge in [0, 0.05) is 13.5 Å². The van der Waals surface area contributed by atoms with Gasteiger partial charge in [-0.05, 0) is 42.8 Å². The van der Waals surface area contributed by atoms with E-state index in [4.69, 9.17) is 9.47 Å². The minimum absolute atomic E-state index is 0.0826. The number of carbonyl (C=O) groups is 1. The Morgan fingerprint density at radius 1 is 1.26 bits per heavy atom. The summed E-state index contributed by atoms with van der Waals surface area (Å²) in [7, 11) is -2.17. The molecule has 27 heavy (non-hydrogen) atoms. The molecule has 0 radical (unpaired) electrons. The van der Waals surface area contributed by atoms with Crippen LogP contribution in [0.15, 0.2) is 47.4 Å². The number of nitrogens with one attached hydrogen (secondary N) is 1. The Balaban J connectivity index is 1.82. The molecule has 1 N–H and O–H groups in total. The van der Waals surface area contributed by atoms with E-state index in [1.54, 1.807) is 37.4 Å². The molecule has 2 aromatic rings. The first kappa shape index (κ1) is 19.2. The minimum Gasteiger partial charge on any atom is -0.497 e. The quantitative estimate of drug-likeness (QED) is 0.847. The number of ether oxygens (including phenoxy) is 2. The van der Waals surface area contributed by atoms with Crippen LogP contribution in [0, 0.1) is 0 Å². The number of hydrogen-bond acceptors (Lipinski definition) is 5. The van der Waals surface area contributed by atoms with E-state index in [1.165, 1.54) is 24.0 Å². The van der Waals surface area contributed by atoms with Gasteiger partial charge in [-0.2, -0.15) is 0 Å². The molecular formula is C19H22N2O5S. The molecule has 0 saturated carbocycles. The lowest BCUT2D eigenvalue weighted by molar-refractivity contribution is -0.117. The molecule has 1 atom stereocenters. The van der Waals surface area contributed by atoms with Gasteiger partial charge in [-0.25, -0.2) is 13.1 Å². The molecule has 0 bridgehead atoms. The SMILES string of the molecule is COc1ccc(CNS(=O)(=O)c2ccc3c(c2)N(C(C)=O)CC(C)O3)cc1. The highest BCUT2D eigenvalue weighted by Gasteiger charge is 2.27. The molecule has 2 aromatic carbocycles. The number of rotatable bonds is 5. The van der Waals surface area contributed by atoms with Crippen LogP contribution in [0.25, 0.3) is 0 Å². The number of nitrogens with zero attached hydrogens (tertiary/aromatic N) is 1. The Kier molecular flexibility index (Phi) is 5.38. The van der Waals surface area contributed by atoms with Crippen molar-refractivity contribution < 1.29 is 22.7 Å². The van der Waals surface area contributed by atoms with E-state index in [1.807, 2.05) is 6.92 Å². The summed E-state index contributed by atoms with van der Waals surface area (Å²) in [5, 5.41) is 0. The van der Waals surface area contributed by atoms with E-state index in [2.05, 4.69) is 4.72 Å². The van der Waals surface area contributed by atoms with Crippen molar-refractivity contribution in [3.8, 4) is 11.5 Å². The fraction of sp³-hybridized carbons (Fsp3) is 0.316. The summed E-state index contributed by atoms with van der Waals surface area (Å²) in [5.74, 6) is 1.04. The van der Waals surface area contributed by atoms with Crippen molar-refractivity contribution in [2.75, 3.05) is 18.6 Å². The van der Waals surface area contributed by atoms with Crippen LogP contribution in [0.2, 0.25) is 0 Å². The summed E-state index contributed by atoms with van der Waals surface area (Å²) in [5.41, 5.74) is 1.27. The molecule has 1 aliphatic heterocycles. The number of methoxy groups -OCH3 is 1. The summed E-state index contributed by atoms with van der Waals surface area (Å²) in [6, 6.07) is 11.7. The van der Waals surface area contributed by atoms with Crippen molar-refractivity contribution in [1.82, 2.24) is 4.72 Å². The van der Waals surface area contributed by atoms with E-state index >= 15 is 0 Å². The standard InChI is InChI=1S/C19H22N2O5S/c1-13-12-21(14(2)22)18-10-17(8-9-19(18)26-13)27(23,24)20-11-15-4-6-16(25-3)7-5-15/h4-10,13,20H,11-12H2,1-3H3. The molecule has 1 heterocycles. The molecule has 8 heteroatoms. The van der Waals surface area contributed by atoms with Crippen LogP contribution < -0.4 is 19.1 Å². The van der Waals surface area contributed by atoms with Gasteiger partial charge in [0.15, 0.2) is 0 Å². The zero-order valence-corrected chi connectivity index (χ0v) is 16.2. The van der Waals surface area contributed by atoms with E-state index in [0.29, 0.717) is 23.7 Å². The lowest BCUT2D eigenvalue weighted by Crippen LogP contribution is -2.41. The number of hydrogen-bond donors (Lipinski definition) is 1. The van der Waals surface area contributed by atoms with Crippen LogP contribution in [0.3, 0.4) is 0 Å². The van der Waals surface area contributed by atoms with Crippen LogP contribution in [0.1, 0.15) is 19.4 Å². The summed E-state index contributed by atoms with van der Waals surface area (Å²) in [6.45, 7) is 3.84. The molecule has 144 valence electrons. The van der Waals surface area contributed by atoms with Crippen molar-refractivity contribution in [3.63, 3.8) is 0 Å². The van der Waals surface area contributed by atoms with Crippen molar-refractivity contribution in [3.05, 3.63) is 48.0 Å². The maximum atomic E-state index is 12.7. The Hall–Kier alpha value is -2.58. The largest absolute Gasteiger partial charge is 0.497 e. The van der Waals surface area contributed by atoms with Gasteiger partial charge in [0.05, 0.1) is 24.2 Å². The highest BCUT2D eigenvalue weighted by molar-refractivity contribution is 7.89. The zero-order chi connectivity index (χ0) is 19.6. The predicted octanol–water partition coefficient (Wildman–Crippen LogP) is 2.31. The smallest absolute Gasteiger partial charge is 0.240 e. The first-order valence-corrected chi connectivity index (χ1v) is 10.00. The highest BCUT2D eigenvalue weighted by atomic mass is 32.2. The third kappa shape index (κ3) is 4.23. The third-order valence-corrected chi connectivity index (χ3v) is 5.70. The molecule has 0 aliphatic carbocycles. The minimum atomic E-state index is -3.75. The highest BCUT2D eigenvalue weighted by Crippen LogP contribution is 2.35. The fourth-order valence-corrected chi connectivity index (χ4v) is 3.92. The van der Waals surface area contributed by atoms with Crippen LogP contribution >= 0.6 is 0 Å². The monoisotopic (exact) mass is 390 g/mol. The second-order valence-electron chi connectivity index (χ2n) is 6.36. The Bertz CT molecular complexity index is 941. The van der Waals surface area contributed by atoms with Gasteiger partial charge in [-0.15, -0.1) is 0 Å². The van der Waals surface area contributed by atoms with E-state index in [-0.39, 0.29) is 23.5 Å². The third-order valence-electron chi connectivity index (χ3n) is 4.30. The molecule has 3 rings (SSSR count). The first-order chi connectivity index (χ1) is 12.8.